The first-order valence-corrected chi connectivity index (χ1v) is 10.7. The van der Waals surface area contributed by atoms with Crippen LogP contribution < -0.4 is 10.6 Å². The Labute approximate surface area is 187 Å². The van der Waals surface area contributed by atoms with E-state index in [1.54, 1.807) is 18.5 Å². The van der Waals surface area contributed by atoms with Crippen LogP contribution in [0.3, 0.4) is 0 Å². The maximum absolute atomic E-state index is 12.8. The van der Waals surface area contributed by atoms with Crippen LogP contribution in [0.15, 0.2) is 48.8 Å². The second-order valence-electron chi connectivity index (χ2n) is 8.54. The van der Waals surface area contributed by atoms with Crippen molar-refractivity contribution in [1.82, 2.24) is 20.3 Å². The van der Waals surface area contributed by atoms with E-state index in [-0.39, 0.29) is 24.2 Å². The third kappa shape index (κ3) is 4.03. The van der Waals surface area contributed by atoms with Crippen molar-refractivity contribution in [3.63, 3.8) is 0 Å². The topological polar surface area (TPSA) is 96.9 Å². The van der Waals surface area contributed by atoms with Gasteiger partial charge in [-0.2, -0.15) is 0 Å². The Balaban J connectivity index is 1.42. The van der Waals surface area contributed by atoms with Gasteiger partial charge in [0.1, 0.15) is 11.5 Å². The molecule has 0 spiro atoms. The highest BCUT2D eigenvalue weighted by atomic mass is 16.2. The van der Waals surface area contributed by atoms with Crippen molar-refractivity contribution in [1.29, 1.82) is 0 Å². The van der Waals surface area contributed by atoms with Crippen LogP contribution in [-0.2, 0) is 16.8 Å². The Morgan fingerprint density at radius 1 is 1.16 bits per heavy atom. The van der Waals surface area contributed by atoms with Gasteiger partial charge in [0.2, 0.25) is 5.91 Å². The molecule has 3 aromatic rings. The van der Waals surface area contributed by atoms with E-state index in [9.17, 15) is 9.59 Å². The number of pyridine rings is 3. The standard InChI is InChI=1S/C25H27N5O2/c1-15-10-18(11-16(2)29-15)12-26-14-22(31)21-8-7-19(13-28-21)17(3)25(4)20-6-5-9-27-23(20)30-24(25)32/h5-11,13,17,26H,12,14H2,1-4H3,(H,27,30,32). The van der Waals surface area contributed by atoms with E-state index in [1.807, 2.05) is 58.0 Å². The lowest BCUT2D eigenvalue weighted by atomic mass is 9.71. The van der Waals surface area contributed by atoms with Crippen LogP contribution in [0.4, 0.5) is 5.82 Å². The molecule has 1 aliphatic heterocycles. The van der Waals surface area contributed by atoms with Crippen molar-refractivity contribution in [2.75, 3.05) is 11.9 Å². The van der Waals surface area contributed by atoms with Gasteiger partial charge in [-0.05, 0) is 56.2 Å². The van der Waals surface area contributed by atoms with Gasteiger partial charge < -0.3 is 10.6 Å². The predicted molar refractivity (Wildman–Crippen MR) is 123 cm³/mol. The van der Waals surface area contributed by atoms with Crippen LogP contribution in [0, 0.1) is 13.8 Å². The Morgan fingerprint density at radius 3 is 2.59 bits per heavy atom. The number of rotatable bonds is 7. The lowest BCUT2D eigenvalue weighted by molar-refractivity contribution is -0.120. The largest absolute Gasteiger partial charge is 0.310 e. The summed E-state index contributed by atoms with van der Waals surface area (Å²) < 4.78 is 0. The minimum absolute atomic E-state index is 0.0777. The lowest BCUT2D eigenvalue weighted by Crippen LogP contribution is -2.36. The molecule has 0 aliphatic carbocycles. The van der Waals surface area contributed by atoms with E-state index in [2.05, 4.69) is 25.6 Å². The number of ketones is 1. The molecule has 0 saturated carbocycles. The van der Waals surface area contributed by atoms with Crippen molar-refractivity contribution in [2.45, 2.75) is 45.6 Å². The van der Waals surface area contributed by atoms with Crippen LogP contribution in [-0.4, -0.2) is 33.2 Å². The number of aryl methyl sites for hydroxylation is 2. The fourth-order valence-corrected chi connectivity index (χ4v) is 4.31. The molecule has 2 N–H and O–H groups in total. The summed E-state index contributed by atoms with van der Waals surface area (Å²) in [6, 6.07) is 11.4. The second kappa shape index (κ2) is 8.59. The van der Waals surface area contributed by atoms with E-state index in [4.69, 9.17) is 0 Å². The highest BCUT2D eigenvalue weighted by molar-refractivity contribution is 6.05. The SMILES string of the molecule is Cc1cc(CNCC(=O)c2ccc(C(C)C3(C)C(=O)Nc4ncccc43)cn2)cc(C)n1. The molecule has 1 aliphatic rings. The minimum atomic E-state index is -0.751. The van der Waals surface area contributed by atoms with Gasteiger partial charge in [0.15, 0.2) is 5.78 Å². The molecule has 0 bridgehead atoms. The number of hydrogen-bond acceptors (Lipinski definition) is 6. The predicted octanol–water partition coefficient (Wildman–Crippen LogP) is 3.47. The number of hydrogen-bond donors (Lipinski definition) is 2. The van der Waals surface area contributed by atoms with E-state index in [1.165, 1.54) is 0 Å². The van der Waals surface area contributed by atoms with E-state index in [0.717, 1.165) is 28.1 Å². The molecule has 4 rings (SSSR count). The first-order chi connectivity index (χ1) is 15.3. The molecule has 0 aromatic carbocycles. The Kier molecular flexibility index (Phi) is 5.84. The van der Waals surface area contributed by atoms with Crippen LogP contribution in [0.25, 0.3) is 0 Å². The molecule has 0 radical (unpaired) electrons. The van der Waals surface area contributed by atoms with Crippen molar-refractivity contribution in [3.05, 3.63) is 82.6 Å². The molecule has 7 heteroatoms. The van der Waals surface area contributed by atoms with E-state index >= 15 is 0 Å². The van der Waals surface area contributed by atoms with Gasteiger partial charge in [-0.25, -0.2) is 4.98 Å². The quantitative estimate of drug-likeness (QED) is 0.558. The summed E-state index contributed by atoms with van der Waals surface area (Å²) in [5, 5.41) is 6.06. The minimum Gasteiger partial charge on any atom is -0.310 e. The number of aromatic nitrogens is 3. The zero-order valence-electron chi connectivity index (χ0n) is 18.8. The number of nitrogens with one attached hydrogen (secondary N) is 2. The zero-order chi connectivity index (χ0) is 22.9. The van der Waals surface area contributed by atoms with Crippen LogP contribution in [0.2, 0.25) is 0 Å². The number of fused-ring (bicyclic) bond motifs is 1. The van der Waals surface area contributed by atoms with Gasteiger partial charge in [-0.3, -0.25) is 19.6 Å². The van der Waals surface area contributed by atoms with Crippen molar-refractivity contribution in [2.24, 2.45) is 0 Å². The average Bonchev–Trinajstić information content (AvgIpc) is 3.03. The zero-order valence-corrected chi connectivity index (χ0v) is 18.8. The summed E-state index contributed by atoms with van der Waals surface area (Å²) in [6.07, 6.45) is 3.36. The van der Waals surface area contributed by atoms with Crippen molar-refractivity contribution >= 4 is 17.5 Å². The molecule has 4 heterocycles. The monoisotopic (exact) mass is 429 g/mol. The number of carbonyl (C=O) groups excluding carboxylic acids is 2. The van der Waals surface area contributed by atoms with Crippen molar-refractivity contribution < 1.29 is 9.59 Å². The summed E-state index contributed by atoms with van der Waals surface area (Å²) in [5.74, 6) is 0.314. The second-order valence-corrected chi connectivity index (χ2v) is 8.54. The van der Waals surface area contributed by atoms with Gasteiger partial charge in [-0.15, -0.1) is 0 Å². The third-order valence-electron chi connectivity index (χ3n) is 6.26. The van der Waals surface area contributed by atoms with Gasteiger partial charge >= 0.3 is 0 Å². The first kappa shape index (κ1) is 21.8. The Hall–Kier alpha value is -3.45. The number of nitrogens with zero attached hydrogens (tertiary/aromatic N) is 3. The summed E-state index contributed by atoms with van der Waals surface area (Å²) >= 11 is 0. The molecule has 164 valence electrons. The van der Waals surface area contributed by atoms with Gasteiger partial charge in [-0.1, -0.05) is 19.1 Å². The first-order valence-electron chi connectivity index (χ1n) is 10.7. The summed E-state index contributed by atoms with van der Waals surface area (Å²) in [6.45, 7) is 8.62. The maximum atomic E-state index is 12.8. The molecule has 0 fully saturated rings. The summed E-state index contributed by atoms with van der Waals surface area (Å²) in [4.78, 5) is 38.4. The van der Waals surface area contributed by atoms with E-state index in [0.29, 0.717) is 18.1 Å². The summed E-state index contributed by atoms with van der Waals surface area (Å²) in [5.41, 5.74) is 4.44. The highest BCUT2D eigenvalue weighted by Gasteiger charge is 2.47. The molecule has 1 amide bonds. The fraction of sp³-hybridized carbons (Fsp3) is 0.320. The Morgan fingerprint density at radius 2 is 1.91 bits per heavy atom. The number of anilines is 1. The molecule has 7 nitrogen and oxygen atoms in total. The lowest BCUT2D eigenvalue weighted by Gasteiger charge is -2.29. The molecule has 0 saturated heterocycles. The highest BCUT2D eigenvalue weighted by Crippen LogP contribution is 2.45. The van der Waals surface area contributed by atoms with Gasteiger partial charge in [0, 0.05) is 41.8 Å². The van der Waals surface area contributed by atoms with E-state index < -0.39 is 5.41 Å². The smallest absolute Gasteiger partial charge is 0.236 e. The molecular weight excluding hydrogens is 402 g/mol. The fourth-order valence-electron chi connectivity index (χ4n) is 4.31. The van der Waals surface area contributed by atoms with Crippen molar-refractivity contribution in [3.8, 4) is 0 Å². The Bertz CT molecular complexity index is 1150. The number of amides is 1. The summed E-state index contributed by atoms with van der Waals surface area (Å²) in [7, 11) is 0. The van der Waals surface area contributed by atoms with Gasteiger partial charge in [0.25, 0.3) is 0 Å². The normalized spacial score (nSPS) is 18.2. The molecular formula is C25H27N5O2. The third-order valence-corrected chi connectivity index (χ3v) is 6.26. The maximum Gasteiger partial charge on any atom is 0.236 e. The molecule has 2 unspecified atom stereocenters. The average molecular weight is 430 g/mol. The van der Waals surface area contributed by atoms with Crippen LogP contribution in [0.1, 0.15) is 58.3 Å². The van der Waals surface area contributed by atoms with Gasteiger partial charge in [0.05, 0.1) is 12.0 Å². The van der Waals surface area contributed by atoms with Crippen LogP contribution >= 0.6 is 0 Å². The number of carbonyl (C=O) groups is 2. The molecule has 3 aromatic heterocycles. The number of Topliss-reactive ketones (excluding diaryl/α,β-unsaturated/α-hetero) is 1. The molecule has 2 atom stereocenters. The molecule has 32 heavy (non-hydrogen) atoms. The van der Waals surface area contributed by atoms with Crippen LogP contribution in [0.5, 0.6) is 0 Å².